The van der Waals surface area contributed by atoms with Crippen LogP contribution in [0.4, 0.5) is 8.78 Å². The second-order valence-corrected chi connectivity index (χ2v) is 8.68. The van der Waals surface area contributed by atoms with E-state index in [1.807, 2.05) is 0 Å². The Bertz CT molecular complexity index is 850. The van der Waals surface area contributed by atoms with Gasteiger partial charge >= 0.3 is 0 Å². The van der Waals surface area contributed by atoms with Crippen LogP contribution in [0.3, 0.4) is 0 Å². The van der Waals surface area contributed by atoms with E-state index >= 15 is 0 Å². The van der Waals surface area contributed by atoms with Crippen LogP contribution in [0.15, 0.2) is 24.3 Å². The summed E-state index contributed by atoms with van der Waals surface area (Å²) in [6.45, 7) is 0. The summed E-state index contributed by atoms with van der Waals surface area (Å²) < 4.78 is 50.5. The second kappa shape index (κ2) is 6.07. The van der Waals surface area contributed by atoms with Crippen molar-refractivity contribution in [1.82, 2.24) is 14.8 Å². The molecule has 3 rings (SSSR count). The van der Waals surface area contributed by atoms with Gasteiger partial charge in [0.05, 0.1) is 5.69 Å². The summed E-state index contributed by atoms with van der Waals surface area (Å²) in [6.07, 6.45) is 1.59. The number of rotatable bonds is 6. The number of nitrogens with zero attached hydrogens (tertiary/aromatic N) is 3. The van der Waals surface area contributed by atoms with Gasteiger partial charge in [-0.05, 0) is 30.7 Å². The fourth-order valence-corrected chi connectivity index (χ4v) is 3.24. The molecule has 130 valence electrons. The molecule has 0 saturated heterocycles. The third kappa shape index (κ3) is 4.10. The topological polar surface area (TPSA) is 64.8 Å². The van der Waals surface area contributed by atoms with Crippen molar-refractivity contribution in [3.8, 4) is 5.69 Å². The highest BCUT2D eigenvalue weighted by atomic mass is 35.5. The highest BCUT2D eigenvalue weighted by Gasteiger charge is 2.56. The number of hydrogen-bond donors (Lipinski definition) is 0. The molecule has 1 aliphatic rings. The summed E-state index contributed by atoms with van der Waals surface area (Å²) >= 11 is 5.87. The van der Waals surface area contributed by atoms with Gasteiger partial charge in [-0.2, -0.15) is 0 Å². The molecule has 0 spiro atoms. The highest BCUT2D eigenvalue weighted by Crippen LogP contribution is 2.51. The van der Waals surface area contributed by atoms with E-state index in [2.05, 4.69) is 10.1 Å². The summed E-state index contributed by atoms with van der Waals surface area (Å²) in [4.78, 5) is 4.24. The lowest BCUT2D eigenvalue weighted by Crippen LogP contribution is -2.05. The van der Waals surface area contributed by atoms with Gasteiger partial charge in [-0.25, -0.2) is 26.9 Å². The van der Waals surface area contributed by atoms with E-state index in [1.165, 1.54) is 4.68 Å². The van der Waals surface area contributed by atoms with Crippen LogP contribution in [0.2, 0.25) is 5.02 Å². The van der Waals surface area contributed by atoms with E-state index < -0.39 is 21.7 Å². The maximum atomic E-state index is 13.1. The van der Waals surface area contributed by atoms with Crippen LogP contribution in [-0.2, 0) is 22.0 Å². The monoisotopic (exact) mass is 375 g/mol. The number of sulfone groups is 1. The maximum absolute atomic E-state index is 13.1. The van der Waals surface area contributed by atoms with E-state index in [0.29, 0.717) is 23.0 Å². The molecule has 0 N–H and O–H groups in total. The highest BCUT2D eigenvalue weighted by molar-refractivity contribution is 7.89. The zero-order chi connectivity index (χ0) is 17.5. The average Bonchev–Trinajstić information content (AvgIpc) is 2.88. The van der Waals surface area contributed by atoms with Crippen molar-refractivity contribution in [2.24, 2.45) is 5.92 Å². The van der Waals surface area contributed by atoms with Crippen LogP contribution in [0.1, 0.15) is 24.5 Å². The minimum absolute atomic E-state index is 0.0989. The largest absolute Gasteiger partial charge is 0.251 e. The molecule has 1 atom stereocenters. The summed E-state index contributed by atoms with van der Waals surface area (Å²) in [5, 5.41) is 4.78. The van der Waals surface area contributed by atoms with E-state index in [9.17, 15) is 17.2 Å². The Morgan fingerprint density at radius 3 is 2.50 bits per heavy atom. The van der Waals surface area contributed by atoms with Crippen LogP contribution in [0.5, 0.6) is 0 Å². The first-order valence-electron chi connectivity index (χ1n) is 7.40. The Morgan fingerprint density at radius 1 is 1.33 bits per heavy atom. The number of hydrogen-bond acceptors (Lipinski definition) is 4. The molecule has 0 aliphatic heterocycles. The number of aromatic nitrogens is 3. The summed E-state index contributed by atoms with van der Waals surface area (Å²) in [6, 6.07) is 6.79. The molecule has 1 aromatic heterocycles. The molecule has 1 fully saturated rings. The Balaban J connectivity index is 1.87. The predicted molar refractivity (Wildman–Crippen MR) is 86.3 cm³/mol. The second-order valence-electron chi connectivity index (χ2n) is 6.10. The van der Waals surface area contributed by atoms with Crippen molar-refractivity contribution in [3.63, 3.8) is 0 Å². The van der Waals surface area contributed by atoms with E-state index in [4.69, 9.17) is 11.6 Å². The van der Waals surface area contributed by atoms with Gasteiger partial charge in [0.25, 0.3) is 5.92 Å². The van der Waals surface area contributed by atoms with Gasteiger partial charge < -0.3 is 0 Å². The third-order valence-corrected chi connectivity index (χ3v) is 4.89. The molecular weight excluding hydrogens is 360 g/mol. The van der Waals surface area contributed by atoms with E-state index in [-0.39, 0.29) is 24.4 Å². The summed E-state index contributed by atoms with van der Waals surface area (Å²) in [5.74, 6) is -2.88. The molecule has 1 aromatic carbocycles. The van der Waals surface area contributed by atoms with Crippen LogP contribution in [-0.4, -0.2) is 35.4 Å². The molecule has 1 saturated carbocycles. The average molecular weight is 376 g/mol. The lowest BCUT2D eigenvalue weighted by molar-refractivity contribution is 0.0970. The van der Waals surface area contributed by atoms with Crippen molar-refractivity contribution in [1.29, 1.82) is 0 Å². The maximum Gasteiger partial charge on any atom is 0.251 e. The number of benzene rings is 1. The van der Waals surface area contributed by atoms with Gasteiger partial charge in [-0.15, -0.1) is 5.10 Å². The van der Waals surface area contributed by atoms with Gasteiger partial charge in [0, 0.05) is 30.0 Å². The summed E-state index contributed by atoms with van der Waals surface area (Å²) in [7, 11) is -3.29. The molecule has 5 nitrogen and oxygen atoms in total. The van der Waals surface area contributed by atoms with Crippen LogP contribution in [0.25, 0.3) is 5.69 Å². The molecule has 2 aromatic rings. The van der Waals surface area contributed by atoms with Gasteiger partial charge in [-0.3, -0.25) is 0 Å². The lowest BCUT2D eigenvalue weighted by atomic mass is 10.2. The molecule has 1 heterocycles. The Hall–Kier alpha value is -1.54. The minimum atomic E-state index is -3.29. The van der Waals surface area contributed by atoms with Gasteiger partial charge in [-0.1, -0.05) is 11.6 Å². The van der Waals surface area contributed by atoms with Gasteiger partial charge in [0.1, 0.15) is 11.6 Å². The zero-order valence-electron chi connectivity index (χ0n) is 12.9. The molecule has 9 heteroatoms. The quantitative estimate of drug-likeness (QED) is 0.778. The molecule has 0 amide bonds. The Kier molecular flexibility index (Phi) is 4.37. The first kappa shape index (κ1) is 17.3. The standard InChI is InChI=1S/C15H16ClF2N3O2S/c1-24(22,23)9-13-19-14(7-2-10-8-15(10,17)18)21(20-13)12-5-3-11(16)4-6-12/h3-6,10H,2,7-9H2,1H3. The molecule has 1 aliphatic carbocycles. The van der Waals surface area contributed by atoms with E-state index in [0.717, 1.165) is 6.26 Å². The van der Waals surface area contributed by atoms with Crippen LogP contribution in [0, 0.1) is 5.92 Å². The smallest absolute Gasteiger partial charge is 0.229 e. The first-order valence-corrected chi connectivity index (χ1v) is 9.84. The first-order chi connectivity index (χ1) is 11.1. The van der Waals surface area contributed by atoms with Crippen molar-refractivity contribution in [2.45, 2.75) is 30.9 Å². The SMILES string of the molecule is CS(=O)(=O)Cc1nc(CCC2CC2(F)F)n(-c2ccc(Cl)cc2)n1. The molecule has 1 unspecified atom stereocenters. The fraction of sp³-hybridized carbons (Fsp3) is 0.467. The molecular formula is C15H16ClF2N3O2S. The van der Waals surface area contributed by atoms with Crippen molar-refractivity contribution >= 4 is 21.4 Å². The van der Waals surface area contributed by atoms with Crippen molar-refractivity contribution in [3.05, 3.63) is 40.9 Å². The Labute approximate surface area is 143 Å². The van der Waals surface area contributed by atoms with Gasteiger partial charge in [0.15, 0.2) is 15.7 Å². The van der Waals surface area contributed by atoms with Gasteiger partial charge in [0.2, 0.25) is 0 Å². The molecule has 0 radical (unpaired) electrons. The zero-order valence-corrected chi connectivity index (χ0v) is 14.5. The lowest BCUT2D eigenvalue weighted by Gasteiger charge is -2.05. The molecule has 0 bridgehead atoms. The number of aryl methyl sites for hydroxylation is 1. The number of halogens is 3. The minimum Gasteiger partial charge on any atom is -0.229 e. The number of alkyl halides is 2. The predicted octanol–water partition coefficient (Wildman–Crippen LogP) is 3.05. The Morgan fingerprint density at radius 2 is 1.96 bits per heavy atom. The van der Waals surface area contributed by atoms with Crippen molar-refractivity contribution < 1.29 is 17.2 Å². The van der Waals surface area contributed by atoms with Crippen LogP contribution >= 0.6 is 11.6 Å². The van der Waals surface area contributed by atoms with Crippen molar-refractivity contribution in [2.75, 3.05) is 6.26 Å². The fourth-order valence-electron chi connectivity index (χ4n) is 2.52. The van der Waals surface area contributed by atoms with E-state index in [1.54, 1.807) is 24.3 Å². The van der Waals surface area contributed by atoms with Crippen LogP contribution < -0.4 is 0 Å². The molecule has 24 heavy (non-hydrogen) atoms. The third-order valence-electron chi connectivity index (χ3n) is 3.85. The normalized spacial score (nSPS) is 19.4. The summed E-state index contributed by atoms with van der Waals surface area (Å²) in [5.41, 5.74) is 0.657.